The summed E-state index contributed by atoms with van der Waals surface area (Å²) in [4.78, 5) is 14.0. The molecule has 2 atom stereocenters. The number of carbonyl (C=O) groups excluding carboxylic acids is 1. The van der Waals surface area contributed by atoms with Crippen LogP contribution in [-0.2, 0) is 4.79 Å². The Hall–Kier alpha value is -1.59. The fourth-order valence-corrected chi connectivity index (χ4v) is 2.88. The minimum Gasteiger partial charge on any atom is -0.491 e. The Kier molecular flexibility index (Phi) is 5.80. The molecule has 0 saturated carbocycles. The Labute approximate surface area is 132 Å². The van der Waals surface area contributed by atoms with Crippen LogP contribution in [0.5, 0.6) is 5.75 Å². The Morgan fingerprint density at radius 1 is 1.45 bits per heavy atom. The number of rotatable bonds is 6. The van der Waals surface area contributed by atoms with Gasteiger partial charge in [-0.2, -0.15) is 0 Å². The van der Waals surface area contributed by atoms with Gasteiger partial charge in [0.1, 0.15) is 18.5 Å². The zero-order valence-electron chi connectivity index (χ0n) is 13.6. The van der Waals surface area contributed by atoms with Crippen molar-refractivity contribution in [3.63, 3.8) is 0 Å². The van der Waals surface area contributed by atoms with Crippen molar-refractivity contribution in [2.45, 2.75) is 32.9 Å². The van der Waals surface area contributed by atoms with Crippen molar-refractivity contribution in [1.29, 1.82) is 0 Å². The van der Waals surface area contributed by atoms with Crippen LogP contribution < -0.4 is 10.1 Å². The summed E-state index contributed by atoms with van der Waals surface area (Å²) in [5.74, 6) is 1.02. The Balaban J connectivity index is 1.87. The molecule has 0 spiro atoms. The largest absolute Gasteiger partial charge is 0.491 e. The lowest BCUT2D eigenvalue weighted by atomic mass is 9.99. The molecule has 5 nitrogen and oxygen atoms in total. The first-order valence-corrected chi connectivity index (χ1v) is 7.86. The average molecular weight is 306 g/mol. The molecular formula is C17H26N2O3. The number of aryl methyl sites for hydroxylation is 1. The molecule has 1 fully saturated rings. The number of hydrogen-bond acceptors (Lipinski definition) is 4. The van der Waals surface area contributed by atoms with Crippen LogP contribution in [0.25, 0.3) is 0 Å². The molecule has 0 aromatic heterocycles. The zero-order valence-corrected chi connectivity index (χ0v) is 13.6. The van der Waals surface area contributed by atoms with Gasteiger partial charge in [-0.15, -0.1) is 0 Å². The summed E-state index contributed by atoms with van der Waals surface area (Å²) < 4.78 is 5.64. The second kappa shape index (κ2) is 7.61. The summed E-state index contributed by atoms with van der Waals surface area (Å²) in [6, 6.07) is 7.58. The molecule has 0 aliphatic carbocycles. The Bertz CT molecular complexity index is 504. The van der Waals surface area contributed by atoms with E-state index in [-0.39, 0.29) is 24.5 Å². The molecule has 1 aromatic rings. The van der Waals surface area contributed by atoms with E-state index in [0.717, 1.165) is 17.9 Å². The highest BCUT2D eigenvalue weighted by atomic mass is 16.5. The van der Waals surface area contributed by atoms with E-state index < -0.39 is 6.10 Å². The van der Waals surface area contributed by atoms with Crippen molar-refractivity contribution in [2.24, 2.45) is 5.92 Å². The summed E-state index contributed by atoms with van der Waals surface area (Å²) in [6.07, 6.45) is -0.618. The summed E-state index contributed by atoms with van der Waals surface area (Å²) in [5.41, 5.74) is 1.12. The molecule has 1 saturated heterocycles. The number of amides is 1. The Morgan fingerprint density at radius 3 is 2.91 bits per heavy atom. The SMILES string of the molecule is Cc1cccc(OCC(O)CN2CCNC(=O)C2C(C)C)c1. The molecule has 5 heteroatoms. The van der Waals surface area contributed by atoms with Crippen molar-refractivity contribution >= 4 is 5.91 Å². The lowest BCUT2D eigenvalue weighted by molar-refractivity contribution is -0.131. The fourth-order valence-electron chi connectivity index (χ4n) is 2.88. The van der Waals surface area contributed by atoms with Gasteiger partial charge >= 0.3 is 0 Å². The molecule has 1 aromatic carbocycles. The Morgan fingerprint density at radius 2 is 2.23 bits per heavy atom. The lowest BCUT2D eigenvalue weighted by Crippen LogP contribution is -2.59. The van der Waals surface area contributed by atoms with Crippen LogP contribution in [-0.4, -0.2) is 54.3 Å². The molecule has 0 bridgehead atoms. The van der Waals surface area contributed by atoms with Gasteiger partial charge in [-0.05, 0) is 30.5 Å². The van der Waals surface area contributed by atoms with Gasteiger partial charge < -0.3 is 15.2 Å². The standard InChI is InChI=1S/C17H26N2O3/c1-12(2)16-17(21)18-7-8-19(16)10-14(20)11-22-15-6-4-5-13(3)9-15/h4-6,9,12,14,16,20H,7-8,10-11H2,1-3H3,(H,18,21). The molecule has 1 aliphatic heterocycles. The van der Waals surface area contributed by atoms with E-state index in [9.17, 15) is 9.90 Å². The van der Waals surface area contributed by atoms with E-state index in [0.29, 0.717) is 13.1 Å². The van der Waals surface area contributed by atoms with Crippen LogP contribution in [0.3, 0.4) is 0 Å². The van der Waals surface area contributed by atoms with Crippen molar-refractivity contribution in [2.75, 3.05) is 26.2 Å². The predicted molar refractivity (Wildman–Crippen MR) is 85.9 cm³/mol. The maximum absolute atomic E-state index is 12.0. The second-order valence-corrected chi connectivity index (χ2v) is 6.26. The third kappa shape index (κ3) is 4.45. The molecule has 122 valence electrons. The first-order chi connectivity index (χ1) is 10.5. The number of nitrogens with one attached hydrogen (secondary N) is 1. The quantitative estimate of drug-likeness (QED) is 0.829. The first kappa shape index (κ1) is 16.8. The third-order valence-corrected chi connectivity index (χ3v) is 3.87. The minimum atomic E-state index is -0.618. The van der Waals surface area contributed by atoms with Crippen LogP contribution in [0.1, 0.15) is 19.4 Å². The molecular weight excluding hydrogens is 280 g/mol. The monoisotopic (exact) mass is 306 g/mol. The van der Waals surface area contributed by atoms with Gasteiger partial charge in [-0.1, -0.05) is 26.0 Å². The van der Waals surface area contributed by atoms with Crippen molar-refractivity contribution in [1.82, 2.24) is 10.2 Å². The van der Waals surface area contributed by atoms with E-state index in [1.165, 1.54) is 0 Å². The van der Waals surface area contributed by atoms with Gasteiger partial charge in [0.2, 0.25) is 5.91 Å². The van der Waals surface area contributed by atoms with E-state index in [4.69, 9.17) is 4.74 Å². The summed E-state index contributed by atoms with van der Waals surface area (Å²) in [6.45, 7) is 8.12. The van der Waals surface area contributed by atoms with Crippen LogP contribution in [0.4, 0.5) is 0 Å². The van der Waals surface area contributed by atoms with Crippen LogP contribution in [0, 0.1) is 12.8 Å². The number of aliphatic hydroxyl groups excluding tert-OH is 1. The smallest absolute Gasteiger partial charge is 0.237 e. The highest BCUT2D eigenvalue weighted by molar-refractivity contribution is 5.82. The lowest BCUT2D eigenvalue weighted by Gasteiger charge is -2.38. The molecule has 2 N–H and O–H groups in total. The number of hydrogen-bond donors (Lipinski definition) is 2. The van der Waals surface area contributed by atoms with Crippen LogP contribution in [0.2, 0.25) is 0 Å². The molecule has 1 heterocycles. The molecule has 22 heavy (non-hydrogen) atoms. The third-order valence-electron chi connectivity index (χ3n) is 3.87. The number of aliphatic hydroxyl groups is 1. The number of nitrogens with zero attached hydrogens (tertiary/aromatic N) is 1. The van der Waals surface area contributed by atoms with Gasteiger partial charge in [-0.3, -0.25) is 9.69 Å². The second-order valence-electron chi connectivity index (χ2n) is 6.26. The summed E-state index contributed by atoms with van der Waals surface area (Å²) in [5, 5.41) is 13.1. The van der Waals surface area contributed by atoms with E-state index in [1.54, 1.807) is 0 Å². The van der Waals surface area contributed by atoms with Gasteiger partial charge in [0.05, 0.1) is 6.04 Å². The molecule has 0 radical (unpaired) electrons. The van der Waals surface area contributed by atoms with E-state index in [2.05, 4.69) is 5.32 Å². The van der Waals surface area contributed by atoms with Crippen LogP contribution >= 0.6 is 0 Å². The topological polar surface area (TPSA) is 61.8 Å². The molecule has 2 unspecified atom stereocenters. The number of ether oxygens (including phenoxy) is 1. The van der Waals surface area contributed by atoms with Crippen molar-refractivity contribution in [3.8, 4) is 5.75 Å². The molecule has 1 amide bonds. The first-order valence-electron chi connectivity index (χ1n) is 7.86. The molecule has 1 aliphatic rings. The average Bonchev–Trinajstić information content (AvgIpc) is 2.45. The van der Waals surface area contributed by atoms with Gasteiger partial charge in [0.15, 0.2) is 0 Å². The highest BCUT2D eigenvalue weighted by Gasteiger charge is 2.33. The summed E-state index contributed by atoms with van der Waals surface area (Å²) in [7, 11) is 0. The van der Waals surface area contributed by atoms with Crippen LogP contribution in [0.15, 0.2) is 24.3 Å². The van der Waals surface area contributed by atoms with Crippen molar-refractivity contribution in [3.05, 3.63) is 29.8 Å². The maximum Gasteiger partial charge on any atom is 0.237 e. The number of β-amino-alcohol motifs (C(OH)–C–C–N with tert-alkyl or cyclic N) is 1. The normalized spacial score (nSPS) is 20.8. The zero-order chi connectivity index (χ0) is 16.1. The maximum atomic E-state index is 12.0. The van der Waals surface area contributed by atoms with E-state index >= 15 is 0 Å². The van der Waals surface area contributed by atoms with Gasteiger partial charge in [-0.25, -0.2) is 0 Å². The molecule has 2 rings (SSSR count). The number of piperazine rings is 1. The predicted octanol–water partition coefficient (Wildman–Crippen LogP) is 1.19. The summed E-state index contributed by atoms with van der Waals surface area (Å²) >= 11 is 0. The van der Waals surface area contributed by atoms with E-state index in [1.807, 2.05) is 49.9 Å². The van der Waals surface area contributed by atoms with Gasteiger partial charge in [0, 0.05) is 19.6 Å². The minimum absolute atomic E-state index is 0.0491. The van der Waals surface area contributed by atoms with Crippen molar-refractivity contribution < 1.29 is 14.6 Å². The highest BCUT2D eigenvalue weighted by Crippen LogP contribution is 2.16. The number of carbonyl (C=O) groups is 1. The van der Waals surface area contributed by atoms with Gasteiger partial charge in [0.25, 0.3) is 0 Å². The number of benzene rings is 1. The fraction of sp³-hybridized carbons (Fsp3) is 0.588.